The molecule has 0 aromatic heterocycles. The number of aryl methyl sites for hydroxylation is 1. The fourth-order valence-electron chi connectivity index (χ4n) is 3.04. The van der Waals surface area contributed by atoms with E-state index in [1.165, 1.54) is 0 Å². The molecule has 0 bridgehead atoms. The molecule has 2 rings (SSSR count). The number of anilines is 2. The van der Waals surface area contributed by atoms with Crippen LogP contribution >= 0.6 is 0 Å². The minimum Gasteiger partial charge on any atom is -0.395 e. The summed E-state index contributed by atoms with van der Waals surface area (Å²) in [4.78, 5) is 12.5. The molecule has 0 saturated carbocycles. The maximum atomic E-state index is 14.5. The van der Waals surface area contributed by atoms with Crippen molar-refractivity contribution in [3.05, 3.63) is 57.9 Å². The highest BCUT2D eigenvalue weighted by Gasteiger charge is 2.73. The predicted octanol–water partition coefficient (Wildman–Crippen LogP) is 5.28. The number of nitrogen functional groups attached to an aromatic ring is 1. The van der Waals surface area contributed by atoms with E-state index in [-0.39, 0.29) is 28.9 Å². The molecule has 0 aliphatic rings. The van der Waals surface area contributed by atoms with E-state index in [1.807, 2.05) is 0 Å². The van der Waals surface area contributed by atoms with Gasteiger partial charge in [0.25, 0.3) is 5.91 Å². The topological polar surface area (TPSA) is 88.1 Å². The Hall–Kier alpha value is -3.40. The highest BCUT2D eigenvalue weighted by atomic mass is 19.4. The van der Waals surface area contributed by atoms with Crippen molar-refractivity contribution in [3.63, 3.8) is 0 Å². The SMILES string of the molecule is COCc1cc(C(F)(C(F)(F)F)C(F)(F)F)cc(C)c1NC(=O)c1ccc(C#N)c(N)c1F. The third-order valence-corrected chi connectivity index (χ3v) is 4.68. The van der Waals surface area contributed by atoms with Crippen LogP contribution in [-0.4, -0.2) is 25.4 Å². The van der Waals surface area contributed by atoms with Crippen molar-refractivity contribution in [3.8, 4) is 6.07 Å². The lowest BCUT2D eigenvalue weighted by molar-refractivity contribution is -0.348. The number of alkyl halides is 7. The van der Waals surface area contributed by atoms with Crippen molar-refractivity contribution < 1.29 is 44.7 Å². The van der Waals surface area contributed by atoms with Crippen molar-refractivity contribution in [2.45, 2.75) is 31.6 Å². The third-order valence-electron chi connectivity index (χ3n) is 4.68. The summed E-state index contributed by atoms with van der Waals surface area (Å²) in [6.07, 6.45) is -12.7. The Balaban J connectivity index is 2.62. The molecular formula is C20H15F8N3O2. The Kier molecular flexibility index (Phi) is 6.94. The first-order chi connectivity index (χ1) is 15.1. The molecule has 0 atom stereocenters. The maximum absolute atomic E-state index is 14.5. The second-order valence-corrected chi connectivity index (χ2v) is 6.87. The Morgan fingerprint density at radius 2 is 1.70 bits per heavy atom. The van der Waals surface area contributed by atoms with E-state index in [1.54, 1.807) is 6.07 Å². The second kappa shape index (κ2) is 8.86. The van der Waals surface area contributed by atoms with Crippen LogP contribution in [0.1, 0.15) is 32.6 Å². The molecule has 13 heteroatoms. The molecule has 2 aromatic rings. The predicted molar refractivity (Wildman–Crippen MR) is 100 cm³/mol. The highest BCUT2D eigenvalue weighted by Crippen LogP contribution is 2.53. The number of nitriles is 1. The van der Waals surface area contributed by atoms with Crippen molar-refractivity contribution in [1.29, 1.82) is 5.26 Å². The Labute approximate surface area is 181 Å². The largest absolute Gasteiger partial charge is 0.435 e. The molecule has 0 saturated heterocycles. The zero-order valence-electron chi connectivity index (χ0n) is 16.9. The number of hydrogen-bond acceptors (Lipinski definition) is 4. The van der Waals surface area contributed by atoms with Crippen molar-refractivity contribution in [2.24, 2.45) is 0 Å². The molecule has 2 aromatic carbocycles. The minimum atomic E-state index is -6.34. The number of hydrogen-bond donors (Lipinski definition) is 2. The Morgan fingerprint density at radius 1 is 1.12 bits per heavy atom. The molecule has 0 aliphatic carbocycles. The standard InChI is InChI=1S/C20H15F8N3O2/c1-9-5-12(18(22,19(23,24)25)20(26,27)28)6-11(8-33-2)16(9)31-17(32)13-4-3-10(7-29)15(30)14(13)21/h3-6H,8,30H2,1-2H3,(H,31,32). The molecule has 0 fully saturated rings. The van der Waals surface area contributed by atoms with Crippen LogP contribution in [0.4, 0.5) is 46.5 Å². The van der Waals surface area contributed by atoms with Gasteiger partial charge >= 0.3 is 18.0 Å². The first kappa shape index (κ1) is 25.9. The van der Waals surface area contributed by atoms with Gasteiger partial charge in [-0.2, -0.15) is 31.6 Å². The van der Waals surface area contributed by atoms with Crippen LogP contribution in [-0.2, 0) is 17.0 Å². The van der Waals surface area contributed by atoms with E-state index in [9.17, 15) is 39.9 Å². The third kappa shape index (κ3) is 4.56. The number of ether oxygens (including phenoxy) is 1. The fraction of sp³-hybridized carbons (Fsp3) is 0.300. The summed E-state index contributed by atoms with van der Waals surface area (Å²) < 4.78 is 112. The van der Waals surface area contributed by atoms with Crippen LogP contribution in [0.2, 0.25) is 0 Å². The molecule has 3 N–H and O–H groups in total. The molecule has 0 spiro atoms. The maximum Gasteiger partial charge on any atom is 0.435 e. The minimum absolute atomic E-state index is 0.261. The normalized spacial score (nSPS) is 12.4. The lowest BCUT2D eigenvalue weighted by atomic mass is 9.90. The quantitative estimate of drug-likeness (QED) is 0.450. The van der Waals surface area contributed by atoms with Gasteiger partial charge in [0, 0.05) is 23.9 Å². The van der Waals surface area contributed by atoms with Crippen molar-refractivity contribution in [2.75, 3.05) is 18.2 Å². The smallest absolute Gasteiger partial charge is 0.395 e. The van der Waals surface area contributed by atoms with Gasteiger partial charge in [-0.05, 0) is 30.7 Å². The number of nitrogens with two attached hydrogens (primary N) is 1. The molecule has 1 amide bonds. The van der Waals surface area contributed by atoms with Gasteiger partial charge in [-0.25, -0.2) is 8.78 Å². The summed E-state index contributed by atoms with van der Waals surface area (Å²) in [5, 5.41) is 11.0. The molecule has 178 valence electrons. The van der Waals surface area contributed by atoms with Crippen LogP contribution in [0.15, 0.2) is 24.3 Å². The molecule has 0 radical (unpaired) electrons. The van der Waals surface area contributed by atoms with Gasteiger partial charge in [0.15, 0.2) is 5.82 Å². The average molecular weight is 481 g/mol. The number of benzene rings is 2. The van der Waals surface area contributed by atoms with E-state index in [0.717, 1.165) is 26.2 Å². The Bertz CT molecular complexity index is 1110. The van der Waals surface area contributed by atoms with E-state index in [4.69, 9.17) is 15.7 Å². The monoisotopic (exact) mass is 481 g/mol. The zero-order valence-corrected chi connectivity index (χ0v) is 16.9. The molecule has 0 aliphatic heterocycles. The van der Waals surface area contributed by atoms with E-state index < -0.39 is 58.7 Å². The van der Waals surface area contributed by atoms with Gasteiger partial charge in [-0.15, -0.1) is 0 Å². The lowest BCUT2D eigenvalue weighted by Crippen LogP contribution is -2.50. The number of carbonyl (C=O) groups is 1. The fourth-order valence-corrected chi connectivity index (χ4v) is 3.04. The van der Waals surface area contributed by atoms with E-state index >= 15 is 0 Å². The average Bonchev–Trinajstić information content (AvgIpc) is 2.69. The molecule has 0 heterocycles. The van der Waals surface area contributed by atoms with E-state index in [0.29, 0.717) is 0 Å². The first-order valence-electron chi connectivity index (χ1n) is 8.84. The van der Waals surface area contributed by atoms with Crippen LogP contribution in [0.25, 0.3) is 0 Å². The van der Waals surface area contributed by atoms with Gasteiger partial charge in [0.1, 0.15) is 6.07 Å². The molecule has 33 heavy (non-hydrogen) atoms. The lowest BCUT2D eigenvalue weighted by Gasteiger charge is -2.31. The van der Waals surface area contributed by atoms with Crippen LogP contribution in [0.3, 0.4) is 0 Å². The van der Waals surface area contributed by atoms with E-state index in [2.05, 4.69) is 5.32 Å². The first-order valence-corrected chi connectivity index (χ1v) is 8.84. The van der Waals surface area contributed by atoms with Gasteiger partial charge in [0.2, 0.25) is 0 Å². The number of carbonyl (C=O) groups excluding carboxylic acids is 1. The number of nitrogens with one attached hydrogen (secondary N) is 1. The number of halogens is 8. The summed E-state index contributed by atoms with van der Waals surface area (Å²) in [6, 6.07) is 4.10. The summed E-state index contributed by atoms with van der Waals surface area (Å²) in [6.45, 7) is 0.406. The van der Waals surface area contributed by atoms with Crippen LogP contribution in [0, 0.1) is 24.1 Å². The van der Waals surface area contributed by atoms with Gasteiger partial charge in [-0.1, -0.05) is 6.07 Å². The summed E-state index contributed by atoms with van der Waals surface area (Å²) >= 11 is 0. The number of methoxy groups -OCH3 is 1. The van der Waals surface area contributed by atoms with Gasteiger partial charge in [-0.3, -0.25) is 4.79 Å². The second-order valence-electron chi connectivity index (χ2n) is 6.87. The van der Waals surface area contributed by atoms with Gasteiger partial charge in [0.05, 0.1) is 23.4 Å². The van der Waals surface area contributed by atoms with Crippen molar-refractivity contribution in [1.82, 2.24) is 0 Å². The van der Waals surface area contributed by atoms with Crippen molar-refractivity contribution >= 4 is 17.3 Å². The van der Waals surface area contributed by atoms with Crippen LogP contribution in [0.5, 0.6) is 0 Å². The summed E-state index contributed by atoms with van der Waals surface area (Å²) in [5.41, 5.74) is -4.70. The van der Waals surface area contributed by atoms with Gasteiger partial charge < -0.3 is 15.8 Å². The zero-order chi connectivity index (χ0) is 25.4. The highest BCUT2D eigenvalue weighted by molar-refractivity contribution is 6.06. The molecular weight excluding hydrogens is 466 g/mol. The summed E-state index contributed by atoms with van der Waals surface area (Å²) in [5.74, 6) is -2.43. The number of amides is 1. The number of nitrogens with zero attached hydrogens (tertiary/aromatic N) is 1. The number of rotatable bonds is 5. The molecule has 5 nitrogen and oxygen atoms in total. The Morgan fingerprint density at radius 3 is 2.18 bits per heavy atom. The molecule has 0 unspecified atom stereocenters. The van der Waals surface area contributed by atoms with Crippen LogP contribution < -0.4 is 11.1 Å². The summed E-state index contributed by atoms with van der Waals surface area (Å²) in [7, 11) is 1.06.